The third-order valence-electron chi connectivity index (χ3n) is 4.04. The lowest BCUT2D eigenvalue weighted by atomic mass is 9.78. The highest BCUT2D eigenvalue weighted by molar-refractivity contribution is 5.13. The summed E-state index contributed by atoms with van der Waals surface area (Å²) in [6, 6.07) is 3.93. The molecule has 0 radical (unpaired) electrons. The van der Waals surface area contributed by atoms with E-state index in [-0.39, 0.29) is 0 Å². The quantitative estimate of drug-likeness (QED) is 0.866. The van der Waals surface area contributed by atoms with Gasteiger partial charge in [0.05, 0.1) is 18.8 Å². The lowest BCUT2D eigenvalue weighted by Gasteiger charge is -2.40. The predicted octanol–water partition coefficient (Wildman–Crippen LogP) is 1.67. The Hall–Kier alpha value is -0.970. The lowest BCUT2D eigenvalue weighted by molar-refractivity contribution is -0.202. The first-order valence-corrected chi connectivity index (χ1v) is 6.59. The zero-order valence-electron chi connectivity index (χ0n) is 10.5. The van der Waals surface area contributed by atoms with Crippen LogP contribution in [-0.4, -0.2) is 34.7 Å². The Morgan fingerprint density at radius 1 is 1.06 bits per heavy atom. The van der Waals surface area contributed by atoms with Crippen molar-refractivity contribution in [3.05, 3.63) is 30.1 Å². The largest absolute Gasteiger partial charge is 0.390 e. The van der Waals surface area contributed by atoms with Gasteiger partial charge in [0.25, 0.3) is 0 Å². The molecule has 1 aliphatic heterocycles. The molecule has 1 aliphatic carbocycles. The first-order chi connectivity index (χ1) is 8.70. The maximum atomic E-state index is 10.6. The van der Waals surface area contributed by atoms with Gasteiger partial charge in [-0.25, -0.2) is 0 Å². The van der Waals surface area contributed by atoms with E-state index in [1.807, 2.05) is 12.1 Å². The van der Waals surface area contributed by atoms with Crippen molar-refractivity contribution in [3.63, 3.8) is 0 Å². The maximum absolute atomic E-state index is 10.6. The fourth-order valence-corrected chi connectivity index (χ4v) is 2.94. The minimum Gasteiger partial charge on any atom is -0.390 e. The Balaban J connectivity index is 1.63. The molecule has 1 saturated carbocycles. The highest BCUT2D eigenvalue weighted by Crippen LogP contribution is 2.41. The number of pyridine rings is 1. The second kappa shape index (κ2) is 4.61. The molecule has 2 aliphatic rings. The van der Waals surface area contributed by atoms with E-state index in [2.05, 4.69) is 4.98 Å². The molecular formula is C14H19NO3. The molecule has 3 rings (SSSR count). The van der Waals surface area contributed by atoms with Crippen LogP contribution < -0.4 is 0 Å². The summed E-state index contributed by atoms with van der Waals surface area (Å²) in [5.41, 5.74) is 0.513. The van der Waals surface area contributed by atoms with Crippen molar-refractivity contribution in [3.8, 4) is 0 Å². The molecule has 0 aromatic carbocycles. The van der Waals surface area contributed by atoms with Crippen molar-refractivity contribution in [1.29, 1.82) is 0 Å². The molecule has 0 atom stereocenters. The number of hydrogen-bond acceptors (Lipinski definition) is 4. The molecular weight excluding hydrogens is 230 g/mol. The van der Waals surface area contributed by atoms with Crippen LogP contribution in [0.25, 0.3) is 0 Å². The highest BCUT2D eigenvalue weighted by Gasteiger charge is 2.45. The van der Waals surface area contributed by atoms with Crippen LogP contribution in [0.2, 0.25) is 0 Å². The van der Waals surface area contributed by atoms with Crippen molar-refractivity contribution in [2.75, 3.05) is 13.2 Å². The van der Waals surface area contributed by atoms with Crippen LogP contribution in [0.1, 0.15) is 31.2 Å². The summed E-state index contributed by atoms with van der Waals surface area (Å²) in [5.74, 6) is -0.398. The zero-order valence-corrected chi connectivity index (χ0v) is 10.5. The molecule has 1 spiro atoms. The van der Waals surface area contributed by atoms with E-state index < -0.39 is 11.4 Å². The number of rotatable bonds is 2. The Bertz CT molecular complexity index is 391. The Morgan fingerprint density at radius 2 is 1.67 bits per heavy atom. The average Bonchev–Trinajstić information content (AvgIpc) is 2.84. The molecule has 4 heteroatoms. The molecule has 1 saturated heterocycles. The number of aromatic nitrogens is 1. The van der Waals surface area contributed by atoms with Gasteiger partial charge in [0, 0.05) is 31.7 Å². The van der Waals surface area contributed by atoms with Gasteiger partial charge >= 0.3 is 0 Å². The summed E-state index contributed by atoms with van der Waals surface area (Å²) in [4.78, 5) is 4.00. The van der Waals surface area contributed by atoms with E-state index in [0.717, 1.165) is 31.2 Å². The lowest BCUT2D eigenvalue weighted by Crippen LogP contribution is -2.44. The van der Waals surface area contributed by atoms with Gasteiger partial charge in [-0.2, -0.15) is 0 Å². The smallest absolute Gasteiger partial charge is 0.168 e. The molecule has 18 heavy (non-hydrogen) atoms. The third kappa shape index (κ3) is 2.41. The molecule has 1 N–H and O–H groups in total. The van der Waals surface area contributed by atoms with Gasteiger partial charge in [0.15, 0.2) is 5.79 Å². The van der Waals surface area contributed by atoms with Crippen LogP contribution in [0.3, 0.4) is 0 Å². The monoisotopic (exact) mass is 249 g/mol. The van der Waals surface area contributed by atoms with E-state index in [1.165, 1.54) is 0 Å². The van der Waals surface area contributed by atoms with Crippen molar-refractivity contribution in [2.24, 2.45) is 0 Å². The van der Waals surface area contributed by atoms with Gasteiger partial charge in [-0.05, 0) is 30.5 Å². The number of aliphatic hydroxyl groups is 1. The number of nitrogens with zero attached hydrogens (tertiary/aromatic N) is 1. The summed E-state index contributed by atoms with van der Waals surface area (Å²) in [5, 5.41) is 10.6. The number of hydrogen-bond donors (Lipinski definition) is 1. The fraction of sp³-hybridized carbons (Fsp3) is 0.643. The van der Waals surface area contributed by atoms with Crippen LogP contribution in [0.5, 0.6) is 0 Å². The van der Waals surface area contributed by atoms with Gasteiger partial charge < -0.3 is 14.6 Å². The SMILES string of the molecule is OC1(Cc2ccncc2)CCC2(CC1)OCCO2. The molecule has 4 nitrogen and oxygen atoms in total. The van der Waals surface area contributed by atoms with E-state index in [4.69, 9.17) is 9.47 Å². The Kier molecular flexibility index (Phi) is 3.09. The van der Waals surface area contributed by atoms with Crippen molar-refractivity contribution < 1.29 is 14.6 Å². The van der Waals surface area contributed by atoms with E-state index in [9.17, 15) is 5.11 Å². The molecule has 0 unspecified atom stereocenters. The summed E-state index contributed by atoms with van der Waals surface area (Å²) in [7, 11) is 0. The third-order valence-corrected chi connectivity index (χ3v) is 4.04. The Morgan fingerprint density at radius 3 is 2.28 bits per heavy atom. The van der Waals surface area contributed by atoms with Crippen LogP contribution in [-0.2, 0) is 15.9 Å². The van der Waals surface area contributed by atoms with Crippen molar-refractivity contribution >= 4 is 0 Å². The van der Waals surface area contributed by atoms with Gasteiger partial charge in [-0.3, -0.25) is 4.98 Å². The topological polar surface area (TPSA) is 51.6 Å². The molecule has 0 bridgehead atoms. The first-order valence-electron chi connectivity index (χ1n) is 6.59. The summed E-state index contributed by atoms with van der Waals surface area (Å²) < 4.78 is 11.4. The highest BCUT2D eigenvalue weighted by atomic mass is 16.7. The zero-order chi connectivity index (χ0) is 12.5. The first kappa shape index (κ1) is 12.1. The van der Waals surface area contributed by atoms with Gasteiger partial charge in [0.1, 0.15) is 0 Å². The second-order valence-electron chi connectivity index (χ2n) is 5.36. The standard InChI is InChI=1S/C14H19NO3/c16-13(11-12-1-7-15-8-2-12)3-5-14(6-4-13)17-9-10-18-14/h1-2,7-8,16H,3-6,9-11H2. The summed E-state index contributed by atoms with van der Waals surface area (Å²) in [6.07, 6.45) is 7.26. The summed E-state index contributed by atoms with van der Waals surface area (Å²) in [6.45, 7) is 1.37. The maximum Gasteiger partial charge on any atom is 0.168 e. The molecule has 1 aromatic rings. The Labute approximate surface area is 107 Å². The predicted molar refractivity (Wildman–Crippen MR) is 66.0 cm³/mol. The minimum atomic E-state index is -0.623. The fourth-order valence-electron chi connectivity index (χ4n) is 2.94. The molecule has 98 valence electrons. The number of ether oxygens (including phenoxy) is 2. The van der Waals surface area contributed by atoms with Crippen LogP contribution in [0.15, 0.2) is 24.5 Å². The van der Waals surface area contributed by atoms with Gasteiger partial charge in [-0.1, -0.05) is 0 Å². The summed E-state index contributed by atoms with van der Waals surface area (Å²) >= 11 is 0. The van der Waals surface area contributed by atoms with Crippen LogP contribution in [0, 0.1) is 0 Å². The molecule has 0 amide bonds. The van der Waals surface area contributed by atoms with Crippen LogP contribution in [0.4, 0.5) is 0 Å². The van der Waals surface area contributed by atoms with E-state index >= 15 is 0 Å². The van der Waals surface area contributed by atoms with Crippen molar-refractivity contribution in [1.82, 2.24) is 4.98 Å². The molecule has 1 aromatic heterocycles. The van der Waals surface area contributed by atoms with Gasteiger partial charge in [0.2, 0.25) is 0 Å². The molecule has 2 heterocycles. The minimum absolute atomic E-state index is 0.398. The molecule has 2 fully saturated rings. The second-order valence-corrected chi connectivity index (χ2v) is 5.36. The van der Waals surface area contributed by atoms with Gasteiger partial charge in [-0.15, -0.1) is 0 Å². The van der Waals surface area contributed by atoms with E-state index in [1.54, 1.807) is 12.4 Å². The van der Waals surface area contributed by atoms with E-state index in [0.29, 0.717) is 19.6 Å². The average molecular weight is 249 g/mol. The normalized spacial score (nSPS) is 25.4. The van der Waals surface area contributed by atoms with Crippen LogP contribution >= 0.6 is 0 Å². The van der Waals surface area contributed by atoms with Crippen molar-refractivity contribution in [2.45, 2.75) is 43.5 Å².